The van der Waals surface area contributed by atoms with E-state index in [1.807, 2.05) is 18.2 Å². The van der Waals surface area contributed by atoms with Crippen LogP contribution in [0, 0.1) is 0 Å². The average molecular weight is 405 g/mol. The molecule has 0 amide bonds. The van der Waals surface area contributed by atoms with E-state index in [4.69, 9.17) is 11.6 Å². The molecule has 3 aromatic rings. The molecule has 0 fully saturated rings. The van der Waals surface area contributed by atoms with Gasteiger partial charge < -0.3 is 14.9 Å². The first kappa shape index (κ1) is 15.7. The van der Waals surface area contributed by atoms with Crippen LogP contribution in [0.25, 0.3) is 10.9 Å². The van der Waals surface area contributed by atoms with Gasteiger partial charge in [-0.2, -0.15) is 0 Å². The van der Waals surface area contributed by atoms with E-state index < -0.39 is 5.92 Å². The highest BCUT2D eigenvalue weighted by Gasteiger charge is 2.40. The molecule has 2 N–H and O–H groups in total. The topological polar surface area (TPSA) is 53.1 Å². The van der Waals surface area contributed by atoms with Crippen LogP contribution in [0.1, 0.15) is 42.1 Å². The van der Waals surface area contributed by atoms with Crippen LogP contribution in [-0.2, 0) is 10.2 Å². The Morgan fingerprint density at radius 2 is 2.04 bits per heavy atom. The number of hydrogen-bond acceptors (Lipinski definition) is 2. The number of phenolic OH excluding ortho intramolecular Hbond substituents is 1. The van der Waals surface area contributed by atoms with Crippen LogP contribution >= 0.6 is 27.5 Å². The second kappa shape index (κ2) is 5.11. The van der Waals surface area contributed by atoms with Crippen molar-refractivity contribution in [3.63, 3.8) is 0 Å². The van der Waals surface area contributed by atoms with Crippen molar-refractivity contribution in [2.24, 2.45) is 0 Å². The zero-order chi connectivity index (χ0) is 17.2. The Bertz CT molecular complexity index is 1010. The molecule has 0 radical (unpaired) electrons. The number of carbonyl (C=O) groups is 1. The van der Waals surface area contributed by atoms with E-state index in [0.29, 0.717) is 0 Å². The Labute approximate surface area is 152 Å². The lowest BCUT2D eigenvalue weighted by Crippen LogP contribution is -2.29. The average Bonchev–Trinajstić information content (AvgIpc) is 2.90. The lowest BCUT2D eigenvalue weighted by atomic mass is 9.68. The van der Waals surface area contributed by atoms with Gasteiger partial charge in [0, 0.05) is 26.5 Å². The van der Waals surface area contributed by atoms with Crippen LogP contribution in [0.2, 0.25) is 5.02 Å². The molecule has 1 aliphatic carbocycles. The lowest BCUT2D eigenvalue weighted by molar-refractivity contribution is -0.108. The molecule has 3 nitrogen and oxygen atoms in total. The number of H-pyrrole nitrogens is 1. The normalized spacial score (nSPS) is 18.2. The summed E-state index contributed by atoms with van der Waals surface area (Å²) in [5.41, 5.74) is 4.37. The summed E-state index contributed by atoms with van der Waals surface area (Å²) in [5, 5.41) is 11.4. The highest BCUT2D eigenvalue weighted by molar-refractivity contribution is 9.10. The number of phenols is 1. The molecular weight excluding hydrogens is 390 g/mol. The zero-order valence-electron chi connectivity index (χ0n) is 13.2. The molecule has 0 saturated carbocycles. The number of hydrogen-bond donors (Lipinski definition) is 2. The van der Waals surface area contributed by atoms with Crippen LogP contribution in [0.15, 0.2) is 34.8 Å². The summed E-state index contributed by atoms with van der Waals surface area (Å²) in [6.07, 6.45) is 0.954. The predicted molar refractivity (Wildman–Crippen MR) is 99.2 cm³/mol. The van der Waals surface area contributed by atoms with Crippen molar-refractivity contribution in [3.8, 4) is 5.75 Å². The first-order chi connectivity index (χ1) is 11.3. The number of aromatic hydroxyl groups is 1. The molecule has 0 saturated heterocycles. The third-order valence-corrected chi connectivity index (χ3v) is 5.80. The van der Waals surface area contributed by atoms with Crippen LogP contribution in [0.3, 0.4) is 0 Å². The third-order valence-electron chi connectivity index (χ3n) is 5.00. The standard InChI is InChI=1S/C19H15BrClNO2/c1-19(2)13-7-16(24)14(21)6-11(13)12(8-23)17-10-4-3-9(20)5-15(10)22-18(17)19/h3-8,12,22,24H,1-2H3. The van der Waals surface area contributed by atoms with Crippen molar-refractivity contribution in [1.82, 2.24) is 4.98 Å². The second-order valence-electron chi connectivity index (χ2n) is 6.73. The van der Waals surface area contributed by atoms with Gasteiger partial charge in [-0.3, -0.25) is 0 Å². The van der Waals surface area contributed by atoms with E-state index in [1.54, 1.807) is 12.1 Å². The number of fused-ring (bicyclic) bond motifs is 4. The molecule has 24 heavy (non-hydrogen) atoms. The van der Waals surface area contributed by atoms with Crippen LogP contribution in [0.5, 0.6) is 5.75 Å². The molecule has 1 aliphatic rings. The maximum absolute atomic E-state index is 12.0. The van der Waals surface area contributed by atoms with Gasteiger partial charge in [-0.1, -0.05) is 47.4 Å². The number of aromatic nitrogens is 1. The molecule has 1 aromatic heterocycles. The minimum absolute atomic E-state index is 0.0375. The minimum Gasteiger partial charge on any atom is -0.506 e. The molecule has 0 bridgehead atoms. The van der Waals surface area contributed by atoms with E-state index in [-0.39, 0.29) is 16.2 Å². The van der Waals surface area contributed by atoms with Gasteiger partial charge >= 0.3 is 0 Å². The summed E-state index contributed by atoms with van der Waals surface area (Å²) in [7, 11) is 0. The molecule has 0 aliphatic heterocycles. The molecule has 5 heteroatoms. The monoisotopic (exact) mass is 403 g/mol. The summed E-state index contributed by atoms with van der Waals surface area (Å²) in [6.45, 7) is 4.17. The number of aldehydes is 1. The van der Waals surface area contributed by atoms with Gasteiger partial charge in [-0.05, 0) is 41.0 Å². The van der Waals surface area contributed by atoms with Gasteiger partial charge in [0.1, 0.15) is 12.0 Å². The molecule has 122 valence electrons. The van der Waals surface area contributed by atoms with Gasteiger partial charge in [0.2, 0.25) is 0 Å². The Kier molecular flexibility index (Phi) is 3.35. The summed E-state index contributed by atoms with van der Waals surface area (Å²) in [6, 6.07) is 9.41. The van der Waals surface area contributed by atoms with E-state index in [9.17, 15) is 9.90 Å². The smallest absolute Gasteiger partial charge is 0.134 e. The fourth-order valence-corrected chi connectivity index (χ4v) is 4.35. The Balaban J connectivity index is 2.13. The fraction of sp³-hybridized carbons (Fsp3) is 0.211. The lowest BCUT2D eigenvalue weighted by Gasteiger charge is -2.36. The number of carbonyl (C=O) groups excluding carboxylic acids is 1. The van der Waals surface area contributed by atoms with Crippen molar-refractivity contribution < 1.29 is 9.90 Å². The molecule has 0 spiro atoms. The molecule has 1 atom stereocenters. The highest BCUT2D eigenvalue weighted by Crippen LogP contribution is 2.50. The Hall–Kier alpha value is -1.78. The van der Waals surface area contributed by atoms with Crippen molar-refractivity contribution in [2.45, 2.75) is 25.2 Å². The first-order valence-corrected chi connectivity index (χ1v) is 8.81. The molecule has 4 rings (SSSR count). The van der Waals surface area contributed by atoms with E-state index in [0.717, 1.165) is 44.0 Å². The molecule has 1 unspecified atom stereocenters. The van der Waals surface area contributed by atoms with Crippen molar-refractivity contribution >= 4 is 44.7 Å². The summed E-state index contributed by atoms with van der Waals surface area (Å²) in [5.74, 6) is -0.369. The van der Waals surface area contributed by atoms with Crippen molar-refractivity contribution in [1.29, 1.82) is 0 Å². The van der Waals surface area contributed by atoms with Gasteiger partial charge in [-0.25, -0.2) is 0 Å². The van der Waals surface area contributed by atoms with E-state index >= 15 is 0 Å². The van der Waals surface area contributed by atoms with Gasteiger partial charge in [-0.15, -0.1) is 0 Å². The number of halogens is 2. The summed E-state index contributed by atoms with van der Waals surface area (Å²) >= 11 is 9.61. The fourth-order valence-electron chi connectivity index (χ4n) is 3.81. The molecule has 1 heterocycles. The first-order valence-electron chi connectivity index (χ1n) is 7.64. The van der Waals surface area contributed by atoms with Crippen LogP contribution in [0.4, 0.5) is 0 Å². The molecular formula is C19H15BrClNO2. The SMILES string of the molecule is CC1(C)c2cc(O)c(Cl)cc2C(C=O)c2c1[nH]c1cc(Br)ccc21. The quantitative estimate of drug-likeness (QED) is 0.544. The van der Waals surface area contributed by atoms with Crippen molar-refractivity contribution in [3.05, 3.63) is 62.2 Å². The van der Waals surface area contributed by atoms with E-state index in [2.05, 4.69) is 34.8 Å². The Morgan fingerprint density at radius 1 is 1.29 bits per heavy atom. The van der Waals surface area contributed by atoms with E-state index in [1.165, 1.54) is 0 Å². The minimum atomic E-state index is -0.406. The highest BCUT2D eigenvalue weighted by atomic mass is 79.9. The third kappa shape index (κ3) is 1.99. The largest absolute Gasteiger partial charge is 0.506 e. The summed E-state index contributed by atoms with van der Waals surface area (Å²) < 4.78 is 0.979. The predicted octanol–water partition coefficient (Wildman–Crippen LogP) is 5.26. The van der Waals surface area contributed by atoms with Crippen LogP contribution < -0.4 is 0 Å². The maximum atomic E-state index is 12.0. The van der Waals surface area contributed by atoms with Gasteiger partial charge in [0.25, 0.3) is 0 Å². The Morgan fingerprint density at radius 3 is 2.75 bits per heavy atom. The van der Waals surface area contributed by atoms with Gasteiger partial charge in [0.05, 0.1) is 10.9 Å². The van der Waals surface area contributed by atoms with Gasteiger partial charge in [0.15, 0.2) is 0 Å². The maximum Gasteiger partial charge on any atom is 0.134 e. The molecule has 2 aromatic carbocycles. The number of benzene rings is 2. The van der Waals surface area contributed by atoms with Crippen molar-refractivity contribution in [2.75, 3.05) is 0 Å². The zero-order valence-corrected chi connectivity index (χ0v) is 15.5. The number of aromatic amines is 1. The second-order valence-corrected chi connectivity index (χ2v) is 8.06. The summed E-state index contributed by atoms with van der Waals surface area (Å²) in [4.78, 5) is 15.5. The van der Waals surface area contributed by atoms with Crippen LogP contribution in [-0.4, -0.2) is 16.4 Å². The number of rotatable bonds is 1. The number of nitrogens with one attached hydrogen (secondary N) is 1.